The number of aromatic nitrogens is 2. The summed E-state index contributed by atoms with van der Waals surface area (Å²) in [5.74, 6) is -8.61. The highest BCUT2D eigenvalue weighted by atomic mass is 32.1. The van der Waals surface area contributed by atoms with Crippen molar-refractivity contribution in [1.82, 2.24) is 9.13 Å². The van der Waals surface area contributed by atoms with E-state index in [1.807, 2.05) is 0 Å². The van der Waals surface area contributed by atoms with E-state index < -0.39 is 64.2 Å². The standard InChI is InChI=1S/C46H22F4N2O8S2/c47-31-15-25-26(16-32(31)48)40(54)29(39(25)53)11-23-12-36-37(51(23)45(57)59-19-21-7-3-1-4-8-21)38-44(62-36)43-35(52(38)46(58)60-20-22-9-5-2-6-10-22)14-24(61-43)13-30-41(55)27-17-33(49)34(50)18-28(27)42(30)56/h1-18H,19-20H2. The number of hydrogen-bond acceptors (Lipinski definition) is 10. The zero-order chi connectivity index (χ0) is 43.1. The molecule has 62 heavy (non-hydrogen) atoms. The van der Waals surface area contributed by atoms with Crippen LogP contribution in [0.15, 0.2) is 108 Å². The van der Waals surface area contributed by atoms with E-state index in [0.717, 1.165) is 33.3 Å². The molecule has 0 unspecified atom stereocenters. The molecule has 0 aliphatic heterocycles. The number of halogens is 4. The van der Waals surface area contributed by atoms with Crippen molar-refractivity contribution in [3.63, 3.8) is 0 Å². The number of nitrogens with zero attached hydrogens (tertiary/aromatic N) is 2. The fourth-order valence-corrected chi connectivity index (χ4v) is 10.0. The van der Waals surface area contributed by atoms with Crippen molar-refractivity contribution in [2.45, 2.75) is 13.2 Å². The van der Waals surface area contributed by atoms with Crippen LogP contribution in [0.4, 0.5) is 27.2 Å². The Morgan fingerprint density at radius 1 is 0.532 bits per heavy atom. The number of hydrogen-bond donors (Lipinski definition) is 0. The highest BCUT2D eigenvalue weighted by molar-refractivity contribution is 7.31. The second-order valence-corrected chi connectivity index (χ2v) is 16.4. The molecule has 2 aliphatic carbocycles. The number of Topliss-reactive ketones (excluding diaryl/α,β-unsaturated/α-hetero) is 4. The Morgan fingerprint density at radius 2 is 0.984 bits per heavy atom. The quantitative estimate of drug-likeness (QED) is 0.0917. The molecule has 4 aromatic carbocycles. The summed E-state index contributed by atoms with van der Waals surface area (Å²) < 4.78 is 71.8. The van der Waals surface area contributed by atoms with Gasteiger partial charge in [0.2, 0.25) is 0 Å². The number of carbonyl (C=O) groups excluding carboxylic acids is 6. The molecule has 2 aliphatic rings. The molecular formula is C46H22F4N2O8S2. The van der Waals surface area contributed by atoms with Crippen LogP contribution in [0.1, 0.15) is 63.1 Å². The number of benzene rings is 4. The van der Waals surface area contributed by atoms with Gasteiger partial charge in [0.25, 0.3) is 0 Å². The molecule has 304 valence electrons. The highest BCUT2D eigenvalue weighted by Crippen LogP contribution is 2.46. The van der Waals surface area contributed by atoms with Crippen molar-refractivity contribution in [3.8, 4) is 0 Å². The molecule has 0 spiro atoms. The minimum Gasteiger partial charge on any atom is -0.444 e. The average Bonchev–Trinajstić information content (AvgIpc) is 4.08. The van der Waals surface area contributed by atoms with Crippen molar-refractivity contribution in [2.24, 2.45) is 0 Å². The number of thiophene rings is 2. The van der Waals surface area contributed by atoms with Gasteiger partial charge in [-0.2, -0.15) is 0 Å². The van der Waals surface area contributed by atoms with Gasteiger partial charge in [0, 0.05) is 27.1 Å². The Bertz CT molecular complexity index is 3330. The van der Waals surface area contributed by atoms with Gasteiger partial charge in [-0.25, -0.2) is 36.3 Å². The first-order valence-electron chi connectivity index (χ1n) is 18.5. The van der Waals surface area contributed by atoms with E-state index in [1.165, 1.54) is 22.8 Å². The predicted molar refractivity (Wildman–Crippen MR) is 221 cm³/mol. The fraction of sp³-hybridized carbons (Fsp3) is 0.0435. The van der Waals surface area contributed by atoms with Crippen LogP contribution in [0.3, 0.4) is 0 Å². The molecular weight excluding hydrogens is 849 g/mol. The summed E-state index contributed by atoms with van der Waals surface area (Å²) in [4.78, 5) is 82.5. The second-order valence-electron chi connectivity index (χ2n) is 14.2. The smallest absolute Gasteiger partial charge is 0.419 e. The lowest BCUT2D eigenvalue weighted by atomic mass is 10.1. The van der Waals surface area contributed by atoms with Crippen LogP contribution in [0.25, 0.3) is 42.8 Å². The third-order valence-electron chi connectivity index (χ3n) is 10.5. The number of allylic oxidation sites excluding steroid dienone is 2. The van der Waals surface area contributed by atoms with Crippen molar-refractivity contribution in [2.75, 3.05) is 0 Å². The van der Waals surface area contributed by atoms with Crippen LogP contribution >= 0.6 is 22.7 Å². The average molecular weight is 871 g/mol. The zero-order valence-corrected chi connectivity index (χ0v) is 32.9. The van der Waals surface area contributed by atoms with Crippen LogP contribution < -0.4 is 0 Å². The summed E-state index contributed by atoms with van der Waals surface area (Å²) in [7, 11) is 0. The van der Waals surface area contributed by atoms with Gasteiger partial charge in [-0.3, -0.25) is 19.2 Å². The van der Waals surface area contributed by atoms with Gasteiger partial charge in [0.05, 0.1) is 47.5 Å². The van der Waals surface area contributed by atoms with Gasteiger partial charge in [0.1, 0.15) is 13.2 Å². The third-order valence-corrected chi connectivity index (χ3v) is 12.8. The van der Waals surface area contributed by atoms with Gasteiger partial charge in [0.15, 0.2) is 46.4 Å². The SMILES string of the molecule is O=C1C(=Cc2cc3c(s2)c2sc4cc(C=C5C(=O)c6cc(F)c(F)cc6C5=O)n(C(=O)OCc5ccccc5)c4c2n3C(=O)OCc2ccccc2)C(=O)c2cc(F)c(F)cc21. The highest BCUT2D eigenvalue weighted by Gasteiger charge is 2.37. The molecule has 0 saturated heterocycles. The Morgan fingerprint density at radius 3 is 1.47 bits per heavy atom. The molecule has 0 fully saturated rings. The molecule has 0 atom stereocenters. The molecule has 0 saturated carbocycles. The van der Waals surface area contributed by atoms with Gasteiger partial charge in [-0.05, 0) is 59.7 Å². The van der Waals surface area contributed by atoms with Crippen molar-refractivity contribution in [3.05, 3.63) is 175 Å². The van der Waals surface area contributed by atoms with E-state index in [1.54, 1.807) is 60.7 Å². The largest absolute Gasteiger partial charge is 0.444 e. The van der Waals surface area contributed by atoms with Gasteiger partial charge >= 0.3 is 12.2 Å². The Hall–Kier alpha value is -7.56. The van der Waals surface area contributed by atoms with E-state index in [4.69, 9.17) is 9.47 Å². The third kappa shape index (κ3) is 6.13. The topological polar surface area (TPSA) is 131 Å². The minimum absolute atomic E-state index is 0.0264. The molecule has 0 amide bonds. The van der Waals surface area contributed by atoms with Gasteiger partial charge in [-0.15, -0.1) is 22.7 Å². The molecule has 0 N–H and O–H groups in total. The number of rotatable bonds is 6. The summed E-state index contributed by atoms with van der Waals surface area (Å²) in [6, 6.07) is 23.2. The molecule has 10 nitrogen and oxygen atoms in total. The van der Waals surface area contributed by atoms with Gasteiger partial charge in [-0.1, -0.05) is 60.7 Å². The number of ether oxygens (including phenoxy) is 2. The first kappa shape index (κ1) is 38.6. The van der Waals surface area contributed by atoms with E-state index in [0.29, 0.717) is 54.4 Å². The van der Waals surface area contributed by atoms with Crippen LogP contribution in [0.5, 0.6) is 0 Å². The number of ketones is 4. The number of fused-ring (bicyclic) bond motifs is 7. The van der Waals surface area contributed by atoms with Crippen LogP contribution in [0.2, 0.25) is 0 Å². The molecule has 0 radical (unpaired) electrons. The van der Waals surface area contributed by atoms with Crippen LogP contribution in [-0.2, 0) is 22.7 Å². The first-order valence-corrected chi connectivity index (χ1v) is 20.2. The fourth-order valence-electron chi connectivity index (χ4n) is 7.60. The van der Waals surface area contributed by atoms with E-state index in [-0.39, 0.29) is 63.3 Å². The summed E-state index contributed by atoms with van der Waals surface area (Å²) in [5.41, 5.74) is -0.255. The lowest BCUT2D eigenvalue weighted by molar-refractivity contribution is 0.0974. The summed E-state index contributed by atoms with van der Waals surface area (Å²) in [6.07, 6.45) is 0.554. The van der Waals surface area contributed by atoms with Gasteiger partial charge < -0.3 is 9.47 Å². The summed E-state index contributed by atoms with van der Waals surface area (Å²) >= 11 is 2.22. The van der Waals surface area contributed by atoms with Crippen molar-refractivity contribution in [1.29, 1.82) is 0 Å². The summed E-state index contributed by atoms with van der Waals surface area (Å²) in [6.45, 7) is -0.356. The molecule has 10 rings (SSSR count). The van der Waals surface area contributed by atoms with E-state index in [9.17, 15) is 46.3 Å². The monoisotopic (exact) mass is 870 g/mol. The van der Waals surface area contributed by atoms with E-state index >= 15 is 0 Å². The normalized spacial score (nSPS) is 13.5. The second kappa shape index (κ2) is 14.6. The molecule has 16 heteroatoms. The molecule has 0 bridgehead atoms. The maximum Gasteiger partial charge on any atom is 0.419 e. The number of carbonyl (C=O) groups is 6. The van der Waals surface area contributed by atoms with Crippen LogP contribution in [0, 0.1) is 23.3 Å². The molecule has 4 aromatic heterocycles. The maximum atomic E-state index is 14.3. The molecule has 4 heterocycles. The molecule has 8 aromatic rings. The van der Waals surface area contributed by atoms with Crippen molar-refractivity contribution >= 4 is 101 Å². The Kier molecular flexibility index (Phi) is 9.08. The minimum atomic E-state index is -1.32. The Balaban J connectivity index is 1.16. The van der Waals surface area contributed by atoms with Crippen molar-refractivity contribution < 1.29 is 55.8 Å². The Labute approximate surface area is 353 Å². The van der Waals surface area contributed by atoms with E-state index in [2.05, 4.69) is 0 Å². The van der Waals surface area contributed by atoms with Crippen LogP contribution in [-0.4, -0.2) is 44.5 Å². The predicted octanol–water partition coefficient (Wildman–Crippen LogP) is 10.7. The lowest BCUT2D eigenvalue weighted by Gasteiger charge is -2.11. The zero-order valence-electron chi connectivity index (χ0n) is 31.3. The lowest BCUT2D eigenvalue weighted by Crippen LogP contribution is -2.17. The maximum absolute atomic E-state index is 14.3. The first-order chi connectivity index (χ1) is 29.9. The summed E-state index contributed by atoms with van der Waals surface area (Å²) in [5, 5.41) is 0.